The van der Waals surface area contributed by atoms with Gasteiger partial charge >= 0.3 is 0 Å². The van der Waals surface area contributed by atoms with E-state index in [1.54, 1.807) is 6.20 Å². The minimum Gasteiger partial charge on any atom is -0.339 e. The van der Waals surface area contributed by atoms with E-state index in [0.717, 1.165) is 22.5 Å². The van der Waals surface area contributed by atoms with Gasteiger partial charge in [0.25, 0.3) is 0 Å². The third kappa shape index (κ3) is 3.20. The molecule has 0 fully saturated rings. The highest BCUT2D eigenvalue weighted by Crippen LogP contribution is 2.33. The molecule has 2 heterocycles. The van der Waals surface area contributed by atoms with Crippen LogP contribution < -0.4 is 5.32 Å². The van der Waals surface area contributed by atoms with Crippen molar-refractivity contribution in [3.8, 4) is 0 Å². The van der Waals surface area contributed by atoms with Crippen LogP contribution in [0.15, 0.2) is 40.5 Å². The van der Waals surface area contributed by atoms with Gasteiger partial charge in [-0.25, -0.2) is 9.97 Å². The lowest BCUT2D eigenvalue weighted by Gasteiger charge is -2.13. The lowest BCUT2D eigenvalue weighted by Crippen LogP contribution is -1.99. The zero-order valence-electron chi connectivity index (χ0n) is 12.6. The van der Waals surface area contributed by atoms with Crippen molar-refractivity contribution in [1.29, 1.82) is 0 Å². The van der Waals surface area contributed by atoms with Crippen molar-refractivity contribution in [2.24, 2.45) is 0 Å². The number of hydrogen-bond donors (Lipinski definition) is 2. The summed E-state index contributed by atoms with van der Waals surface area (Å²) in [4.78, 5) is 10.2. The van der Waals surface area contributed by atoms with E-state index in [-0.39, 0.29) is 0 Å². The summed E-state index contributed by atoms with van der Waals surface area (Å²) >= 11 is 3.34. The Morgan fingerprint density at radius 3 is 2.77 bits per heavy atom. The van der Waals surface area contributed by atoms with Gasteiger partial charge in [0.15, 0.2) is 10.8 Å². The molecule has 22 heavy (non-hydrogen) atoms. The molecule has 114 valence electrons. The zero-order chi connectivity index (χ0) is 15.5. The highest BCUT2D eigenvalue weighted by molar-refractivity contribution is 8.00. The molecule has 0 amide bonds. The molecular formula is C15H17N5S2. The number of H-pyrrole nitrogens is 1. The number of fused-ring (bicyclic) bond motifs is 1. The Labute approximate surface area is 137 Å². The summed E-state index contributed by atoms with van der Waals surface area (Å²) < 4.78 is 0. The molecule has 2 aromatic heterocycles. The predicted octanol–water partition coefficient (Wildman–Crippen LogP) is 4.32. The summed E-state index contributed by atoms with van der Waals surface area (Å²) in [5, 5.41) is 12.5. The van der Waals surface area contributed by atoms with E-state index < -0.39 is 0 Å². The second-order valence-electron chi connectivity index (χ2n) is 4.98. The van der Waals surface area contributed by atoms with E-state index in [1.807, 2.05) is 24.1 Å². The van der Waals surface area contributed by atoms with Crippen LogP contribution >= 0.6 is 23.5 Å². The molecule has 0 atom stereocenters. The molecule has 1 aromatic carbocycles. The number of thioether (sulfide) groups is 2. The van der Waals surface area contributed by atoms with Crippen LogP contribution in [-0.2, 0) is 0 Å². The maximum Gasteiger partial charge on any atom is 0.191 e. The first-order chi connectivity index (χ1) is 10.7. The third-order valence-electron chi connectivity index (χ3n) is 2.97. The predicted molar refractivity (Wildman–Crippen MR) is 94.2 cm³/mol. The van der Waals surface area contributed by atoms with Gasteiger partial charge in [-0.15, -0.1) is 11.8 Å². The SMILES string of the molecule is CSc1nc(Nc2ccccc2SC(C)C)c2cn[nH]c2n1. The molecule has 0 bridgehead atoms. The van der Waals surface area contributed by atoms with Gasteiger partial charge in [0.05, 0.1) is 17.3 Å². The Bertz CT molecular complexity index is 784. The molecule has 3 aromatic rings. The van der Waals surface area contributed by atoms with Crippen molar-refractivity contribution in [2.75, 3.05) is 11.6 Å². The Morgan fingerprint density at radius 1 is 1.18 bits per heavy atom. The first kappa shape index (κ1) is 15.2. The first-order valence-corrected chi connectivity index (χ1v) is 9.05. The summed E-state index contributed by atoms with van der Waals surface area (Å²) in [5.74, 6) is 0.778. The fourth-order valence-corrected chi connectivity index (χ4v) is 3.33. The van der Waals surface area contributed by atoms with E-state index >= 15 is 0 Å². The van der Waals surface area contributed by atoms with Gasteiger partial charge in [-0.2, -0.15) is 5.10 Å². The number of aromatic amines is 1. The summed E-state index contributed by atoms with van der Waals surface area (Å²) in [7, 11) is 0. The van der Waals surface area contributed by atoms with Crippen molar-refractivity contribution in [1.82, 2.24) is 20.2 Å². The molecule has 5 nitrogen and oxygen atoms in total. The summed E-state index contributed by atoms with van der Waals surface area (Å²) in [6, 6.07) is 8.26. The molecule has 2 N–H and O–H groups in total. The highest BCUT2D eigenvalue weighted by Gasteiger charge is 2.11. The molecule has 0 radical (unpaired) electrons. The van der Waals surface area contributed by atoms with Crippen LogP contribution in [-0.4, -0.2) is 31.7 Å². The van der Waals surface area contributed by atoms with Gasteiger partial charge in [0, 0.05) is 10.1 Å². The van der Waals surface area contributed by atoms with Crippen molar-refractivity contribution in [2.45, 2.75) is 29.1 Å². The normalized spacial score (nSPS) is 11.3. The van der Waals surface area contributed by atoms with E-state index in [9.17, 15) is 0 Å². The highest BCUT2D eigenvalue weighted by atomic mass is 32.2. The number of rotatable bonds is 5. The number of nitrogens with one attached hydrogen (secondary N) is 2. The molecule has 0 aliphatic carbocycles. The molecule has 0 unspecified atom stereocenters. The summed E-state index contributed by atoms with van der Waals surface area (Å²) in [5.41, 5.74) is 1.80. The average Bonchev–Trinajstić information content (AvgIpc) is 2.97. The standard InChI is InChI=1S/C15H17N5S2/c1-9(2)22-12-7-5-4-6-11(12)17-13-10-8-16-20-14(10)19-15(18-13)21-3/h4-9H,1-3H3,(H2,16,17,18,19,20). The largest absolute Gasteiger partial charge is 0.339 e. The molecule has 3 rings (SSSR count). The second-order valence-corrected chi connectivity index (χ2v) is 7.37. The number of aromatic nitrogens is 4. The van der Waals surface area contributed by atoms with Crippen molar-refractivity contribution in [3.63, 3.8) is 0 Å². The monoisotopic (exact) mass is 331 g/mol. The Hall–Kier alpha value is -1.73. The van der Waals surface area contributed by atoms with Gasteiger partial charge in [-0.1, -0.05) is 37.7 Å². The lowest BCUT2D eigenvalue weighted by molar-refractivity contribution is 0.987. The van der Waals surface area contributed by atoms with Gasteiger partial charge < -0.3 is 5.32 Å². The van der Waals surface area contributed by atoms with Gasteiger partial charge in [-0.3, -0.25) is 5.10 Å². The van der Waals surface area contributed by atoms with Crippen LogP contribution in [0.1, 0.15) is 13.8 Å². The minimum atomic E-state index is 0.518. The fourth-order valence-electron chi connectivity index (χ4n) is 2.06. The van der Waals surface area contributed by atoms with Crippen LogP contribution in [0.2, 0.25) is 0 Å². The van der Waals surface area contributed by atoms with Crippen molar-refractivity contribution in [3.05, 3.63) is 30.5 Å². The maximum atomic E-state index is 4.58. The number of hydrogen-bond acceptors (Lipinski definition) is 6. The second kappa shape index (κ2) is 6.58. The van der Waals surface area contributed by atoms with Crippen molar-refractivity contribution >= 4 is 46.1 Å². The molecule has 0 spiro atoms. The van der Waals surface area contributed by atoms with Crippen LogP contribution in [0.3, 0.4) is 0 Å². The van der Waals surface area contributed by atoms with Crippen LogP contribution in [0, 0.1) is 0 Å². The van der Waals surface area contributed by atoms with Crippen LogP contribution in [0.25, 0.3) is 11.0 Å². The van der Waals surface area contributed by atoms with Crippen molar-refractivity contribution < 1.29 is 0 Å². The molecule has 0 saturated heterocycles. The smallest absolute Gasteiger partial charge is 0.191 e. The molecule has 0 aliphatic rings. The van der Waals surface area contributed by atoms with Gasteiger partial charge in [0.1, 0.15) is 5.82 Å². The Kier molecular flexibility index (Phi) is 4.54. The Morgan fingerprint density at radius 2 is 2.00 bits per heavy atom. The summed E-state index contributed by atoms with van der Waals surface area (Å²) in [6.45, 7) is 4.37. The molecule has 0 aliphatic heterocycles. The zero-order valence-corrected chi connectivity index (χ0v) is 14.3. The number of anilines is 2. The summed E-state index contributed by atoms with van der Waals surface area (Å²) in [6.07, 6.45) is 3.71. The quantitative estimate of drug-likeness (QED) is 0.536. The van der Waals surface area contributed by atoms with E-state index in [2.05, 4.69) is 57.5 Å². The fraction of sp³-hybridized carbons (Fsp3) is 0.267. The average molecular weight is 331 g/mol. The van der Waals surface area contributed by atoms with Crippen LogP contribution in [0.4, 0.5) is 11.5 Å². The van der Waals surface area contributed by atoms with E-state index in [1.165, 1.54) is 16.7 Å². The number of benzene rings is 1. The lowest BCUT2D eigenvalue weighted by atomic mass is 10.3. The number of nitrogens with zero attached hydrogens (tertiary/aromatic N) is 3. The van der Waals surface area contributed by atoms with Crippen LogP contribution in [0.5, 0.6) is 0 Å². The topological polar surface area (TPSA) is 66.5 Å². The third-order valence-corrected chi connectivity index (χ3v) is 4.60. The Balaban J connectivity index is 2.01. The van der Waals surface area contributed by atoms with E-state index in [0.29, 0.717) is 10.4 Å². The maximum absolute atomic E-state index is 4.58. The first-order valence-electron chi connectivity index (χ1n) is 6.95. The minimum absolute atomic E-state index is 0.518. The molecule has 7 heteroatoms. The van der Waals surface area contributed by atoms with Gasteiger partial charge in [-0.05, 0) is 18.4 Å². The molecule has 0 saturated carbocycles. The van der Waals surface area contributed by atoms with Gasteiger partial charge in [0.2, 0.25) is 0 Å². The number of para-hydroxylation sites is 1. The molecular weight excluding hydrogens is 314 g/mol. The van der Waals surface area contributed by atoms with E-state index in [4.69, 9.17) is 0 Å².